The second-order valence-corrected chi connectivity index (χ2v) is 10.2. The second-order valence-electron chi connectivity index (χ2n) is 8.30. The van der Waals surface area contributed by atoms with Crippen molar-refractivity contribution in [1.82, 2.24) is 4.31 Å². The number of carboxylic acids is 1. The van der Waals surface area contributed by atoms with Gasteiger partial charge in [0, 0.05) is 18.8 Å². The molecule has 3 aromatic rings. The first kappa shape index (κ1) is 20.7. The molecule has 5 rings (SSSR count). The maximum atomic E-state index is 13.3. The van der Waals surface area contributed by atoms with Crippen molar-refractivity contribution in [3.8, 4) is 0 Å². The molecule has 1 saturated heterocycles. The molecule has 32 heavy (non-hydrogen) atoms. The van der Waals surface area contributed by atoms with Crippen molar-refractivity contribution < 1.29 is 23.1 Å². The molecule has 0 bridgehead atoms. The summed E-state index contributed by atoms with van der Waals surface area (Å²) in [5, 5.41) is 11.1. The number of anilines is 1. The molecule has 1 amide bonds. The number of sulfonamides is 1. The van der Waals surface area contributed by atoms with Gasteiger partial charge in [-0.25, -0.2) is 8.42 Å². The van der Waals surface area contributed by atoms with Crippen LogP contribution in [0, 0.1) is 0 Å². The smallest absolute Gasteiger partial charge is 0.323 e. The Hall–Kier alpha value is -3.23. The third kappa shape index (κ3) is 3.10. The summed E-state index contributed by atoms with van der Waals surface area (Å²) in [6.07, 6.45) is 0.623. The zero-order chi connectivity index (χ0) is 22.5. The molecule has 3 aromatic carbocycles. The molecule has 164 valence electrons. The Morgan fingerprint density at radius 1 is 0.938 bits per heavy atom. The molecule has 0 aliphatic carbocycles. The number of hydrogen-bond donors (Lipinski definition) is 1. The van der Waals surface area contributed by atoms with E-state index in [1.165, 1.54) is 9.21 Å². The van der Waals surface area contributed by atoms with Gasteiger partial charge in [-0.05, 0) is 47.4 Å². The maximum Gasteiger partial charge on any atom is 0.323 e. The van der Waals surface area contributed by atoms with Crippen LogP contribution in [0.25, 0.3) is 10.8 Å². The Balaban J connectivity index is 1.44. The molecular formula is C24H22N2O5S. The molecule has 1 N–H and O–H groups in total. The number of fused-ring (bicyclic) bond motifs is 3. The summed E-state index contributed by atoms with van der Waals surface area (Å²) in [6.45, 7) is -0.0248. The maximum absolute atomic E-state index is 13.3. The Labute approximate surface area is 185 Å². The van der Waals surface area contributed by atoms with Crippen LogP contribution in [0.1, 0.15) is 18.4 Å². The van der Waals surface area contributed by atoms with Crippen LogP contribution in [-0.4, -0.2) is 49.3 Å². The Morgan fingerprint density at radius 3 is 2.31 bits per heavy atom. The van der Waals surface area contributed by atoms with Gasteiger partial charge >= 0.3 is 5.97 Å². The monoisotopic (exact) mass is 450 g/mol. The molecule has 0 aromatic heterocycles. The zero-order valence-electron chi connectivity index (χ0n) is 17.3. The second kappa shape index (κ2) is 7.43. The summed E-state index contributed by atoms with van der Waals surface area (Å²) in [5.74, 6) is -1.34. The van der Waals surface area contributed by atoms with Crippen molar-refractivity contribution in [2.75, 3.05) is 24.5 Å². The van der Waals surface area contributed by atoms with Crippen LogP contribution in [0.2, 0.25) is 0 Å². The quantitative estimate of drug-likeness (QED) is 0.659. The average molecular weight is 451 g/mol. The van der Waals surface area contributed by atoms with E-state index in [1.807, 2.05) is 36.4 Å². The standard InChI is InChI=1S/C24H22N2O5S/c27-22(28)16-26-21-8-4-3-7-20(21)24(23(26)29)11-13-25(14-12-24)32(30,31)19-10-9-17-5-1-2-6-18(17)15-19/h1-10,15H,11-14,16H2,(H,27,28). The number of hydrogen-bond acceptors (Lipinski definition) is 4. The van der Waals surface area contributed by atoms with Crippen molar-refractivity contribution >= 4 is 38.4 Å². The van der Waals surface area contributed by atoms with Gasteiger partial charge in [-0.2, -0.15) is 4.31 Å². The number of amides is 1. The Kier molecular flexibility index (Phi) is 4.79. The molecular weight excluding hydrogens is 428 g/mol. The fourth-order valence-corrected chi connectivity index (χ4v) is 6.43. The van der Waals surface area contributed by atoms with Gasteiger partial charge in [-0.3, -0.25) is 9.59 Å². The molecule has 0 radical (unpaired) electrons. The minimum Gasteiger partial charge on any atom is -0.480 e. The van der Waals surface area contributed by atoms with Gasteiger partial charge < -0.3 is 10.0 Å². The van der Waals surface area contributed by atoms with Crippen LogP contribution in [0.15, 0.2) is 71.6 Å². The number of nitrogens with zero attached hydrogens (tertiary/aromatic N) is 2. The predicted octanol–water partition coefficient (Wildman–Crippen LogP) is 2.99. The van der Waals surface area contributed by atoms with E-state index in [9.17, 15) is 23.1 Å². The number of para-hydroxylation sites is 1. The van der Waals surface area contributed by atoms with Crippen molar-refractivity contribution in [3.63, 3.8) is 0 Å². The van der Waals surface area contributed by atoms with Gasteiger partial charge in [0.2, 0.25) is 15.9 Å². The molecule has 1 spiro atoms. The molecule has 0 saturated carbocycles. The van der Waals surface area contributed by atoms with E-state index >= 15 is 0 Å². The average Bonchev–Trinajstić information content (AvgIpc) is 3.01. The molecule has 8 heteroatoms. The van der Waals surface area contributed by atoms with Crippen LogP contribution in [0.5, 0.6) is 0 Å². The molecule has 0 unspecified atom stereocenters. The molecule has 1 fully saturated rings. The molecule has 2 aliphatic heterocycles. The summed E-state index contributed by atoms with van der Waals surface area (Å²) in [6, 6.07) is 19.9. The van der Waals surface area contributed by atoms with Crippen LogP contribution in [0.4, 0.5) is 5.69 Å². The van der Waals surface area contributed by atoms with Gasteiger partial charge in [0.25, 0.3) is 0 Å². The highest BCUT2D eigenvalue weighted by atomic mass is 32.2. The largest absolute Gasteiger partial charge is 0.480 e. The Morgan fingerprint density at radius 2 is 1.59 bits per heavy atom. The summed E-state index contributed by atoms with van der Waals surface area (Å²) in [5.41, 5.74) is 0.501. The van der Waals surface area contributed by atoms with Crippen LogP contribution >= 0.6 is 0 Å². The van der Waals surface area contributed by atoms with E-state index < -0.39 is 28.0 Å². The van der Waals surface area contributed by atoms with Gasteiger partial charge in [-0.1, -0.05) is 48.5 Å². The van der Waals surface area contributed by atoms with Crippen molar-refractivity contribution in [1.29, 1.82) is 0 Å². The van der Waals surface area contributed by atoms with E-state index in [2.05, 4.69) is 0 Å². The number of benzene rings is 3. The molecule has 2 heterocycles. The normalized spacial score (nSPS) is 18.2. The van der Waals surface area contributed by atoms with E-state index in [4.69, 9.17) is 0 Å². The number of carbonyl (C=O) groups is 2. The minimum atomic E-state index is -3.71. The highest BCUT2D eigenvalue weighted by Crippen LogP contribution is 2.48. The molecule has 7 nitrogen and oxygen atoms in total. The number of aliphatic carboxylic acids is 1. The van der Waals surface area contributed by atoms with E-state index in [-0.39, 0.29) is 23.9 Å². The summed E-state index contributed by atoms with van der Waals surface area (Å²) >= 11 is 0. The third-order valence-electron chi connectivity index (χ3n) is 6.59. The van der Waals surface area contributed by atoms with Gasteiger partial charge in [0.1, 0.15) is 6.54 Å². The van der Waals surface area contributed by atoms with Gasteiger partial charge in [0.05, 0.1) is 10.3 Å². The summed E-state index contributed by atoms with van der Waals surface area (Å²) in [7, 11) is -3.71. The zero-order valence-corrected chi connectivity index (χ0v) is 18.1. The van der Waals surface area contributed by atoms with Crippen LogP contribution in [0.3, 0.4) is 0 Å². The topological polar surface area (TPSA) is 95.0 Å². The number of piperidine rings is 1. The van der Waals surface area contributed by atoms with Crippen LogP contribution < -0.4 is 4.90 Å². The first-order chi connectivity index (χ1) is 15.3. The summed E-state index contributed by atoms with van der Waals surface area (Å²) < 4.78 is 28.1. The van der Waals surface area contributed by atoms with Gasteiger partial charge in [0.15, 0.2) is 0 Å². The highest BCUT2D eigenvalue weighted by molar-refractivity contribution is 7.89. The predicted molar refractivity (Wildman–Crippen MR) is 120 cm³/mol. The lowest BCUT2D eigenvalue weighted by Crippen LogP contribution is -2.50. The number of carbonyl (C=O) groups excluding carboxylic acids is 1. The van der Waals surface area contributed by atoms with E-state index in [1.54, 1.807) is 30.3 Å². The Bertz CT molecular complexity index is 1340. The van der Waals surface area contributed by atoms with Crippen molar-refractivity contribution in [2.24, 2.45) is 0 Å². The molecule has 2 aliphatic rings. The fourth-order valence-electron chi connectivity index (χ4n) is 4.96. The summed E-state index contributed by atoms with van der Waals surface area (Å²) in [4.78, 5) is 26.2. The lowest BCUT2D eigenvalue weighted by Gasteiger charge is -2.37. The lowest BCUT2D eigenvalue weighted by molar-refractivity contribution is -0.137. The fraction of sp³-hybridized carbons (Fsp3) is 0.250. The lowest BCUT2D eigenvalue weighted by atomic mass is 9.74. The third-order valence-corrected chi connectivity index (χ3v) is 8.49. The van der Waals surface area contributed by atoms with Crippen molar-refractivity contribution in [2.45, 2.75) is 23.2 Å². The van der Waals surface area contributed by atoms with E-state index in [0.29, 0.717) is 18.5 Å². The molecule has 0 atom stereocenters. The van der Waals surface area contributed by atoms with Crippen molar-refractivity contribution in [3.05, 3.63) is 72.3 Å². The number of carboxylic acid groups (broad SMARTS) is 1. The highest BCUT2D eigenvalue weighted by Gasteiger charge is 2.53. The van der Waals surface area contributed by atoms with E-state index in [0.717, 1.165) is 16.3 Å². The SMILES string of the molecule is O=C(O)CN1C(=O)C2(CCN(S(=O)(=O)c3ccc4ccccc4c3)CC2)c2ccccc21. The minimum absolute atomic E-state index is 0.191. The van der Waals surface area contributed by atoms with Gasteiger partial charge in [-0.15, -0.1) is 0 Å². The number of rotatable bonds is 4. The first-order valence-corrected chi connectivity index (χ1v) is 11.9. The van der Waals surface area contributed by atoms with Crippen LogP contribution in [-0.2, 0) is 25.0 Å². The first-order valence-electron chi connectivity index (χ1n) is 10.5.